The summed E-state index contributed by atoms with van der Waals surface area (Å²) in [5.74, 6) is 0. The van der Waals surface area contributed by atoms with E-state index >= 15 is 0 Å². The number of para-hydroxylation sites is 2. The Morgan fingerprint density at radius 1 is 0.864 bits per heavy atom. The second-order valence-electron chi connectivity index (χ2n) is 4.71. The van der Waals surface area contributed by atoms with Crippen LogP contribution in [0.1, 0.15) is 5.56 Å². The molecular weight excluding hydrogens is 290 g/mol. The van der Waals surface area contributed by atoms with Gasteiger partial charge in [-0.05, 0) is 36.4 Å². The van der Waals surface area contributed by atoms with E-state index in [-0.39, 0.29) is 0 Å². The molecule has 3 aromatic rings. The van der Waals surface area contributed by atoms with Crippen LogP contribution in [0.3, 0.4) is 0 Å². The van der Waals surface area contributed by atoms with Gasteiger partial charge in [-0.25, -0.2) is 0 Å². The lowest BCUT2D eigenvalue weighted by atomic mass is 10.2. The predicted molar refractivity (Wildman–Crippen MR) is 94.3 cm³/mol. The Balaban J connectivity index is 1.85. The molecule has 0 fully saturated rings. The molecule has 0 aliphatic heterocycles. The Morgan fingerprint density at radius 3 is 2.27 bits per heavy atom. The molecule has 1 heterocycles. The van der Waals surface area contributed by atoms with E-state index in [9.17, 15) is 0 Å². The molecule has 3 rings (SSSR count). The molecule has 4 heteroatoms. The first-order chi connectivity index (χ1) is 10.8. The van der Waals surface area contributed by atoms with Crippen LogP contribution in [-0.2, 0) is 0 Å². The van der Waals surface area contributed by atoms with Crippen molar-refractivity contribution in [3.05, 3.63) is 89.2 Å². The van der Waals surface area contributed by atoms with Gasteiger partial charge in [0.05, 0.1) is 11.9 Å². The fourth-order valence-electron chi connectivity index (χ4n) is 2.09. The minimum Gasteiger partial charge on any atom is -0.308 e. The maximum absolute atomic E-state index is 5.55. The Kier molecular flexibility index (Phi) is 4.41. The highest BCUT2D eigenvalue weighted by Gasteiger charge is 1.99. The summed E-state index contributed by atoms with van der Waals surface area (Å²) in [7, 11) is 0. The fraction of sp³-hybridized carbons (Fsp3) is 0. The maximum atomic E-state index is 5.55. The van der Waals surface area contributed by atoms with E-state index in [2.05, 4.69) is 10.5 Å². The first-order valence-corrected chi connectivity index (χ1v) is 7.36. The van der Waals surface area contributed by atoms with Crippen LogP contribution in [0.4, 0.5) is 5.69 Å². The highest BCUT2D eigenvalue weighted by atomic mass is 32.1. The molecule has 0 unspecified atom stereocenters. The number of anilines is 1. The van der Waals surface area contributed by atoms with E-state index in [0.29, 0.717) is 0 Å². The summed E-state index contributed by atoms with van der Waals surface area (Å²) < 4.78 is 2.70. The zero-order valence-electron chi connectivity index (χ0n) is 11.9. The normalized spacial score (nSPS) is 10.7. The Bertz CT molecular complexity index is 824. The van der Waals surface area contributed by atoms with Gasteiger partial charge in [0.1, 0.15) is 4.64 Å². The summed E-state index contributed by atoms with van der Waals surface area (Å²) in [4.78, 5) is 0. The van der Waals surface area contributed by atoms with Crippen LogP contribution in [0.2, 0.25) is 0 Å². The highest BCUT2D eigenvalue weighted by Crippen LogP contribution is 2.11. The molecule has 0 aliphatic carbocycles. The lowest BCUT2D eigenvalue weighted by Crippen LogP contribution is -2.00. The van der Waals surface area contributed by atoms with Crippen LogP contribution in [0, 0.1) is 4.64 Å². The quantitative estimate of drug-likeness (QED) is 0.432. The number of hydrazone groups is 1. The molecule has 1 N–H and O–H groups in total. The molecule has 0 saturated heterocycles. The van der Waals surface area contributed by atoms with Crippen LogP contribution in [0.5, 0.6) is 0 Å². The smallest absolute Gasteiger partial charge is 0.119 e. The maximum Gasteiger partial charge on any atom is 0.119 e. The fourth-order valence-corrected chi connectivity index (χ4v) is 2.38. The van der Waals surface area contributed by atoms with Gasteiger partial charge in [-0.2, -0.15) is 5.10 Å². The van der Waals surface area contributed by atoms with Crippen LogP contribution in [-0.4, -0.2) is 10.8 Å². The van der Waals surface area contributed by atoms with Crippen LogP contribution < -0.4 is 5.43 Å². The van der Waals surface area contributed by atoms with Gasteiger partial charge in [0, 0.05) is 17.4 Å². The summed E-state index contributed by atoms with van der Waals surface area (Å²) in [6, 6.07) is 23.8. The van der Waals surface area contributed by atoms with Gasteiger partial charge < -0.3 is 4.57 Å². The third kappa shape index (κ3) is 3.30. The third-order valence-corrected chi connectivity index (χ3v) is 3.61. The molecule has 0 amide bonds. The van der Waals surface area contributed by atoms with E-state index in [1.165, 1.54) is 0 Å². The minimum atomic E-state index is 0.729. The SMILES string of the molecule is S=c1c(/C=N\Nc2ccccc2)cccn1-c1ccccc1. The van der Waals surface area contributed by atoms with Crippen LogP contribution in [0.15, 0.2) is 84.1 Å². The predicted octanol–water partition coefficient (Wildman–Crippen LogP) is 4.65. The summed E-state index contributed by atoms with van der Waals surface area (Å²) >= 11 is 5.55. The zero-order chi connectivity index (χ0) is 15.2. The topological polar surface area (TPSA) is 29.3 Å². The summed E-state index contributed by atoms with van der Waals surface area (Å²) in [6.07, 6.45) is 3.70. The number of rotatable bonds is 4. The van der Waals surface area contributed by atoms with Gasteiger partial charge in [0.25, 0.3) is 0 Å². The van der Waals surface area contributed by atoms with Crippen molar-refractivity contribution in [1.82, 2.24) is 4.57 Å². The standard InChI is InChI=1S/C18H15N3S/c22-18-15(14-19-20-16-9-3-1-4-10-16)8-7-13-21(18)17-11-5-2-6-12-17/h1-14,20H/b19-14-. The van der Waals surface area contributed by atoms with Crippen molar-refractivity contribution in [3.63, 3.8) is 0 Å². The van der Waals surface area contributed by atoms with Crippen molar-refractivity contribution in [1.29, 1.82) is 0 Å². The zero-order valence-corrected chi connectivity index (χ0v) is 12.7. The van der Waals surface area contributed by atoms with Crippen LogP contribution >= 0.6 is 12.2 Å². The minimum absolute atomic E-state index is 0.729. The number of aromatic nitrogens is 1. The van der Waals surface area contributed by atoms with Crippen molar-refractivity contribution in [3.8, 4) is 5.69 Å². The molecule has 1 aromatic heterocycles. The summed E-state index contributed by atoms with van der Waals surface area (Å²) in [5, 5.41) is 4.25. The Labute approximate surface area is 134 Å². The largest absolute Gasteiger partial charge is 0.308 e. The third-order valence-electron chi connectivity index (χ3n) is 3.18. The molecule has 0 spiro atoms. The Morgan fingerprint density at radius 2 is 1.55 bits per heavy atom. The van der Waals surface area contributed by atoms with Crippen molar-refractivity contribution in [2.75, 3.05) is 5.43 Å². The van der Waals surface area contributed by atoms with Gasteiger partial charge in [-0.15, -0.1) is 0 Å². The second-order valence-corrected chi connectivity index (χ2v) is 5.10. The average molecular weight is 305 g/mol. The molecule has 3 nitrogen and oxygen atoms in total. The average Bonchev–Trinajstić information content (AvgIpc) is 2.58. The van der Waals surface area contributed by atoms with E-state index in [1.807, 2.05) is 83.6 Å². The number of benzene rings is 2. The summed E-state index contributed by atoms with van der Waals surface area (Å²) in [5.41, 5.74) is 5.87. The molecule has 2 aromatic carbocycles. The van der Waals surface area contributed by atoms with Crippen molar-refractivity contribution in [2.45, 2.75) is 0 Å². The molecule has 0 radical (unpaired) electrons. The lowest BCUT2D eigenvalue weighted by Gasteiger charge is -2.08. The van der Waals surface area contributed by atoms with E-state index < -0.39 is 0 Å². The number of hydrogen-bond acceptors (Lipinski definition) is 3. The molecule has 0 saturated carbocycles. The molecule has 0 aliphatic rings. The van der Waals surface area contributed by atoms with E-state index in [1.54, 1.807) is 6.21 Å². The highest BCUT2D eigenvalue weighted by molar-refractivity contribution is 7.71. The Hall–Kier alpha value is -2.72. The molecule has 108 valence electrons. The van der Waals surface area contributed by atoms with Gasteiger partial charge in [-0.1, -0.05) is 48.6 Å². The first kappa shape index (κ1) is 14.2. The van der Waals surface area contributed by atoms with Gasteiger partial charge >= 0.3 is 0 Å². The number of hydrogen-bond donors (Lipinski definition) is 1. The van der Waals surface area contributed by atoms with Gasteiger partial charge in [0.2, 0.25) is 0 Å². The van der Waals surface area contributed by atoms with Crippen LogP contribution in [0.25, 0.3) is 5.69 Å². The summed E-state index contributed by atoms with van der Waals surface area (Å²) in [6.45, 7) is 0. The second kappa shape index (κ2) is 6.83. The van der Waals surface area contributed by atoms with Gasteiger partial charge in [0.15, 0.2) is 0 Å². The monoisotopic (exact) mass is 305 g/mol. The van der Waals surface area contributed by atoms with Gasteiger partial charge in [-0.3, -0.25) is 5.43 Å². The molecule has 22 heavy (non-hydrogen) atoms. The van der Waals surface area contributed by atoms with Crippen molar-refractivity contribution in [2.24, 2.45) is 5.10 Å². The van der Waals surface area contributed by atoms with E-state index in [4.69, 9.17) is 12.2 Å². The lowest BCUT2D eigenvalue weighted by molar-refractivity contribution is 1.02. The molecule has 0 atom stereocenters. The number of nitrogens with one attached hydrogen (secondary N) is 1. The van der Waals surface area contributed by atoms with Crippen molar-refractivity contribution < 1.29 is 0 Å². The van der Waals surface area contributed by atoms with Crippen molar-refractivity contribution >= 4 is 24.1 Å². The number of pyridine rings is 1. The number of nitrogens with zero attached hydrogens (tertiary/aromatic N) is 2. The van der Waals surface area contributed by atoms with E-state index in [0.717, 1.165) is 21.6 Å². The first-order valence-electron chi connectivity index (χ1n) is 6.96. The molecular formula is C18H15N3S. The molecule has 0 bridgehead atoms.